The van der Waals surface area contributed by atoms with Crippen LogP contribution in [0.4, 0.5) is 5.95 Å². The number of aromatic nitrogens is 3. The predicted octanol–water partition coefficient (Wildman–Crippen LogP) is -0.343. The highest BCUT2D eigenvalue weighted by Gasteiger charge is 2.13. The number of rotatable bonds is 4. The molecular weight excluding hydrogens is 182 g/mol. The van der Waals surface area contributed by atoms with Crippen molar-refractivity contribution in [1.82, 2.24) is 14.8 Å². The van der Waals surface area contributed by atoms with Crippen molar-refractivity contribution in [2.45, 2.75) is 12.5 Å². The number of carbonyl (C=O) groups is 1. The highest BCUT2D eigenvalue weighted by molar-refractivity contribution is 5.93. The van der Waals surface area contributed by atoms with Gasteiger partial charge in [0, 0.05) is 7.05 Å². The van der Waals surface area contributed by atoms with Crippen molar-refractivity contribution in [2.24, 2.45) is 12.8 Å². The molecule has 0 aliphatic carbocycles. The molecule has 1 aromatic rings. The average molecular weight is 195 g/mol. The Hall–Kier alpha value is -1.69. The smallest absolute Gasteiger partial charge is 0.243 e. The summed E-state index contributed by atoms with van der Waals surface area (Å²) < 4.78 is 1.60. The fraction of sp³-hybridized carbons (Fsp3) is 0.375. The first-order valence-corrected chi connectivity index (χ1v) is 4.16. The molecule has 0 spiro atoms. The number of aryl methyl sites for hydroxylation is 1. The van der Waals surface area contributed by atoms with E-state index < -0.39 is 6.04 Å². The van der Waals surface area contributed by atoms with Gasteiger partial charge in [-0.15, -0.1) is 16.8 Å². The molecule has 0 saturated carbocycles. The highest BCUT2D eigenvalue weighted by Crippen LogP contribution is 2.00. The predicted molar refractivity (Wildman–Crippen MR) is 52.4 cm³/mol. The lowest BCUT2D eigenvalue weighted by Gasteiger charge is -2.08. The maximum atomic E-state index is 11.4. The molecule has 1 rings (SSSR count). The largest absolute Gasteiger partial charge is 0.320 e. The van der Waals surface area contributed by atoms with Gasteiger partial charge in [0.05, 0.1) is 6.04 Å². The van der Waals surface area contributed by atoms with Crippen molar-refractivity contribution in [3.05, 3.63) is 19.0 Å². The summed E-state index contributed by atoms with van der Waals surface area (Å²) >= 11 is 0. The molecule has 1 unspecified atom stereocenters. The van der Waals surface area contributed by atoms with Crippen LogP contribution in [0.25, 0.3) is 0 Å². The third kappa shape index (κ3) is 2.40. The lowest BCUT2D eigenvalue weighted by atomic mass is 10.2. The van der Waals surface area contributed by atoms with Crippen LogP contribution in [-0.2, 0) is 11.8 Å². The molecule has 76 valence electrons. The SMILES string of the molecule is C=CCC(N)C(=O)Nc1nncn1C. The van der Waals surface area contributed by atoms with E-state index in [0.717, 1.165) is 0 Å². The quantitative estimate of drug-likeness (QED) is 0.643. The molecule has 6 nitrogen and oxygen atoms in total. The van der Waals surface area contributed by atoms with Crippen molar-refractivity contribution in [2.75, 3.05) is 5.32 Å². The Kier molecular flexibility index (Phi) is 3.35. The molecule has 1 amide bonds. The van der Waals surface area contributed by atoms with E-state index in [-0.39, 0.29) is 5.91 Å². The fourth-order valence-electron chi connectivity index (χ4n) is 0.886. The van der Waals surface area contributed by atoms with Gasteiger partial charge in [0.15, 0.2) is 0 Å². The average Bonchev–Trinajstić information content (AvgIpc) is 2.52. The van der Waals surface area contributed by atoms with E-state index in [2.05, 4.69) is 22.1 Å². The minimum atomic E-state index is -0.593. The molecule has 0 radical (unpaired) electrons. The summed E-state index contributed by atoms with van der Waals surface area (Å²) in [6.45, 7) is 3.50. The number of hydrogen-bond donors (Lipinski definition) is 2. The van der Waals surface area contributed by atoms with Crippen LogP contribution in [0, 0.1) is 0 Å². The van der Waals surface area contributed by atoms with Crippen molar-refractivity contribution in [3.63, 3.8) is 0 Å². The molecule has 0 aromatic carbocycles. The Balaban J connectivity index is 2.57. The van der Waals surface area contributed by atoms with Crippen LogP contribution in [-0.4, -0.2) is 26.7 Å². The number of nitrogens with one attached hydrogen (secondary N) is 1. The highest BCUT2D eigenvalue weighted by atomic mass is 16.2. The van der Waals surface area contributed by atoms with E-state index in [1.165, 1.54) is 6.33 Å². The van der Waals surface area contributed by atoms with Crippen molar-refractivity contribution in [3.8, 4) is 0 Å². The van der Waals surface area contributed by atoms with E-state index >= 15 is 0 Å². The monoisotopic (exact) mass is 195 g/mol. The van der Waals surface area contributed by atoms with Gasteiger partial charge in [-0.3, -0.25) is 10.1 Å². The maximum absolute atomic E-state index is 11.4. The summed E-state index contributed by atoms with van der Waals surface area (Å²) in [7, 11) is 1.73. The van der Waals surface area contributed by atoms with Crippen molar-refractivity contribution in [1.29, 1.82) is 0 Å². The minimum absolute atomic E-state index is 0.291. The van der Waals surface area contributed by atoms with Gasteiger partial charge in [-0.25, -0.2) is 0 Å². The summed E-state index contributed by atoms with van der Waals surface area (Å²) in [5, 5.41) is 9.87. The van der Waals surface area contributed by atoms with Gasteiger partial charge in [-0.2, -0.15) is 0 Å². The summed E-state index contributed by atoms with van der Waals surface area (Å²) in [6.07, 6.45) is 3.53. The third-order valence-corrected chi connectivity index (χ3v) is 1.70. The molecule has 0 fully saturated rings. The lowest BCUT2D eigenvalue weighted by Crippen LogP contribution is -2.35. The van der Waals surface area contributed by atoms with Gasteiger partial charge in [-0.05, 0) is 6.42 Å². The van der Waals surface area contributed by atoms with Crippen LogP contribution in [0.2, 0.25) is 0 Å². The first-order chi connectivity index (χ1) is 6.65. The Morgan fingerprint density at radius 3 is 3.14 bits per heavy atom. The Morgan fingerprint density at radius 2 is 2.64 bits per heavy atom. The van der Waals surface area contributed by atoms with Crippen LogP contribution in [0.3, 0.4) is 0 Å². The fourth-order valence-corrected chi connectivity index (χ4v) is 0.886. The van der Waals surface area contributed by atoms with Crippen LogP contribution < -0.4 is 11.1 Å². The van der Waals surface area contributed by atoms with Gasteiger partial charge in [0.2, 0.25) is 11.9 Å². The summed E-state index contributed by atoms with van der Waals surface area (Å²) in [6, 6.07) is -0.593. The van der Waals surface area contributed by atoms with Crippen LogP contribution in [0.15, 0.2) is 19.0 Å². The zero-order chi connectivity index (χ0) is 10.6. The number of anilines is 1. The molecule has 0 bridgehead atoms. The van der Waals surface area contributed by atoms with E-state index in [1.54, 1.807) is 17.7 Å². The van der Waals surface area contributed by atoms with Gasteiger partial charge >= 0.3 is 0 Å². The lowest BCUT2D eigenvalue weighted by molar-refractivity contribution is -0.117. The van der Waals surface area contributed by atoms with E-state index in [0.29, 0.717) is 12.4 Å². The second-order valence-corrected chi connectivity index (χ2v) is 2.89. The Labute approximate surface area is 81.8 Å². The molecule has 0 saturated heterocycles. The molecule has 1 heterocycles. The Bertz CT molecular complexity index is 332. The summed E-state index contributed by atoms with van der Waals surface area (Å²) in [5.41, 5.74) is 5.55. The summed E-state index contributed by atoms with van der Waals surface area (Å²) in [4.78, 5) is 11.4. The second kappa shape index (κ2) is 4.52. The molecule has 1 aromatic heterocycles. The first-order valence-electron chi connectivity index (χ1n) is 4.16. The number of nitrogens with zero attached hydrogens (tertiary/aromatic N) is 3. The van der Waals surface area contributed by atoms with E-state index in [9.17, 15) is 4.79 Å². The maximum Gasteiger partial charge on any atom is 0.243 e. The second-order valence-electron chi connectivity index (χ2n) is 2.89. The van der Waals surface area contributed by atoms with Crippen LogP contribution in [0.5, 0.6) is 0 Å². The van der Waals surface area contributed by atoms with Crippen LogP contribution >= 0.6 is 0 Å². The van der Waals surface area contributed by atoms with Gasteiger partial charge in [0.1, 0.15) is 6.33 Å². The van der Waals surface area contributed by atoms with Crippen molar-refractivity contribution < 1.29 is 4.79 Å². The van der Waals surface area contributed by atoms with E-state index in [4.69, 9.17) is 5.73 Å². The van der Waals surface area contributed by atoms with Crippen molar-refractivity contribution >= 4 is 11.9 Å². The molecule has 0 aliphatic heterocycles. The molecule has 6 heteroatoms. The first kappa shape index (κ1) is 10.4. The number of amides is 1. The third-order valence-electron chi connectivity index (χ3n) is 1.70. The molecular formula is C8H13N5O. The number of hydrogen-bond acceptors (Lipinski definition) is 4. The number of carbonyl (C=O) groups excluding carboxylic acids is 1. The van der Waals surface area contributed by atoms with E-state index in [1.807, 2.05) is 0 Å². The zero-order valence-corrected chi connectivity index (χ0v) is 7.97. The normalized spacial score (nSPS) is 12.1. The minimum Gasteiger partial charge on any atom is -0.320 e. The van der Waals surface area contributed by atoms with Gasteiger partial charge in [0.25, 0.3) is 0 Å². The molecule has 14 heavy (non-hydrogen) atoms. The van der Waals surface area contributed by atoms with Crippen LogP contribution in [0.1, 0.15) is 6.42 Å². The van der Waals surface area contributed by atoms with Gasteiger partial charge in [-0.1, -0.05) is 6.08 Å². The zero-order valence-electron chi connectivity index (χ0n) is 7.97. The molecule has 3 N–H and O–H groups in total. The molecule has 1 atom stereocenters. The standard InChI is InChI=1S/C8H13N5O/c1-3-4-6(9)7(14)11-8-12-10-5-13(8)2/h3,5-6H,1,4,9H2,2H3,(H,11,12,14). The topological polar surface area (TPSA) is 85.8 Å². The summed E-state index contributed by atoms with van der Waals surface area (Å²) in [5.74, 6) is 0.0931. The molecule has 0 aliphatic rings. The van der Waals surface area contributed by atoms with Gasteiger partial charge < -0.3 is 10.3 Å². The number of nitrogens with two attached hydrogens (primary N) is 1. The Morgan fingerprint density at radius 1 is 1.93 bits per heavy atom.